The first-order chi connectivity index (χ1) is 8.11. The van der Waals surface area contributed by atoms with Crippen molar-refractivity contribution >= 4 is 11.6 Å². The first kappa shape index (κ1) is 13.5. The van der Waals surface area contributed by atoms with Crippen molar-refractivity contribution in [2.75, 3.05) is 32.0 Å². The second kappa shape index (κ2) is 6.22. The van der Waals surface area contributed by atoms with Crippen LogP contribution in [0.15, 0.2) is 18.2 Å². The minimum absolute atomic E-state index is 0.132. The highest BCUT2D eigenvalue weighted by Crippen LogP contribution is 2.17. The molecule has 0 fully saturated rings. The van der Waals surface area contributed by atoms with Gasteiger partial charge in [-0.05, 0) is 24.6 Å². The van der Waals surface area contributed by atoms with Crippen LogP contribution < -0.4 is 5.73 Å². The number of nitrogen functional groups attached to an aromatic ring is 1. The van der Waals surface area contributed by atoms with Gasteiger partial charge in [-0.25, -0.2) is 0 Å². The number of benzene rings is 1. The van der Waals surface area contributed by atoms with Crippen LogP contribution in [0.4, 0.5) is 5.69 Å². The number of aliphatic hydroxyl groups excluding tert-OH is 2. The van der Waals surface area contributed by atoms with Gasteiger partial charge >= 0.3 is 0 Å². The average molecular weight is 238 g/mol. The van der Waals surface area contributed by atoms with Crippen molar-refractivity contribution in [3.05, 3.63) is 29.3 Å². The average Bonchev–Trinajstić information content (AvgIpc) is 2.31. The molecule has 1 aromatic rings. The molecule has 1 aromatic carbocycles. The van der Waals surface area contributed by atoms with E-state index >= 15 is 0 Å². The van der Waals surface area contributed by atoms with Crippen molar-refractivity contribution in [3.8, 4) is 0 Å². The van der Waals surface area contributed by atoms with Gasteiger partial charge < -0.3 is 20.8 Å². The summed E-state index contributed by atoms with van der Waals surface area (Å²) in [5, 5.41) is 17.8. The molecular weight excluding hydrogens is 220 g/mol. The van der Waals surface area contributed by atoms with Gasteiger partial charge in [0.05, 0.1) is 13.2 Å². The lowest BCUT2D eigenvalue weighted by atomic mass is 10.1. The molecule has 4 N–H and O–H groups in total. The molecule has 94 valence electrons. The summed E-state index contributed by atoms with van der Waals surface area (Å²) < 4.78 is 0. The molecule has 1 rings (SSSR count). The summed E-state index contributed by atoms with van der Waals surface area (Å²) >= 11 is 0. The molecule has 0 aromatic heterocycles. The van der Waals surface area contributed by atoms with E-state index in [2.05, 4.69) is 0 Å². The molecule has 0 saturated heterocycles. The van der Waals surface area contributed by atoms with Crippen molar-refractivity contribution in [2.24, 2.45) is 0 Å². The van der Waals surface area contributed by atoms with Crippen LogP contribution in [0.3, 0.4) is 0 Å². The zero-order valence-corrected chi connectivity index (χ0v) is 9.89. The van der Waals surface area contributed by atoms with Crippen LogP contribution in [0.1, 0.15) is 15.9 Å². The van der Waals surface area contributed by atoms with Gasteiger partial charge in [-0.3, -0.25) is 4.79 Å². The normalized spacial score (nSPS) is 10.3. The Morgan fingerprint density at radius 2 is 1.88 bits per heavy atom. The molecule has 0 bridgehead atoms. The first-order valence-electron chi connectivity index (χ1n) is 5.48. The number of aliphatic hydroxyl groups is 2. The fourth-order valence-corrected chi connectivity index (χ4v) is 1.61. The van der Waals surface area contributed by atoms with Gasteiger partial charge in [0.2, 0.25) is 0 Å². The minimum atomic E-state index is -0.224. The summed E-state index contributed by atoms with van der Waals surface area (Å²) in [6.45, 7) is 1.92. The SMILES string of the molecule is Cc1c(N)cccc1C(=O)N(CCO)CCO. The molecule has 0 atom stereocenters. The summed E-state index contributed by atoms with van der Waals surface area (Å²) in [7, 11) is 0. The number of amides is 1. The van der Waals surface area contributed by atoms with Gasteiger partial charge in [0, 0.05) is 24.3 Å². The summed E-state index contributed by atoms with van der Waals surface area (Å²) in [6, 6.07) is 5.13. The molecule has 0 heterocycles. The molecule has 17 heavy (non-hydrogen) atoms. The smallest absolute Gasteiger partial charge is 0.254 e. The van der Waals surface area contributed by atoms with E-state index in [1.54, 1.807) is 25.1 Å². The minimum Gasteiger partial charge on any atom is -0.398 e. The third kappa shape index (κ3) is 3.18. The molecule has 5 heteroatoms. The van der Waals surface area contributed by atoms with Crippen molar-refractivity contribution < 1.29 is 15.0 Å². The Kier molecular flexibility index (Phi) is 4.93. The molecule has 0 unspecified atom stereocenters. The summed E-state index contributed by atoms with van der Waals surface area (Å²) in [4.78, 5) is 13.6. The van der Waals surface area contributed by atoms with Gasteiger partial charge in [-0.15, -0.1) is 0 Å². The lowest BCUT2D eigenvalue weighted by Gasteiger charge is -2.21. The van der Waals surface area contributed by atoms with Crippen LogP contribution in [0.2, 0.25) is 0 Å². The number of nitrogens with zero attached hydrogens (tertiary/aromatic N) is 1. The Labute approximate surface area is 100 Å². The van der Waals surface area contributed by atoms with Crippen molar-refractivity contribution in [1.29, 1.82) is 0 Å². The van der Waals surface area contributed by atoms with E-state index in [0.29, 0.717) is 11.3 Å². The first-order valence-corrected chi connectivity index (χ1v) is 5.48. The number of carbonyl (C=O) groups excluding carboxylic acids is 1. The third-order valence-electron chi connectivity index (χ3n) is 2.63. The molecule has 0 radical (unpaired) electrons. The van der Waals surface area contributed by atoms with Gasteiger partial charge in [0.25, 0.3) is 5.91 Å². The fraction of sp³-hybridized carbons (Fsp3) is 0.417. The van der Waals surface area contributed by atoms with Crippen LogP contribution in [0.5, 0.6) is 0 Å². The van der Waals surface area contributed by atoms with Crippen molar-refractivity contribution in [1.82, 2.24) is 4.90 Å². The maximum absolute atomic E-state index is 12.1. The topological polar surface area (TPSA) is 86.8 Å². The molecule has 5 nitrogen and oxygen atoms in total. The van der Waals surface area contributed by atoms with Crippen LogP contribution in [-0.2, 0) is 0 Å². The summed E-state index contributed by atoms with van der Waals surface area (Å²) in [5.74, 6) is -0.224. The van der Waals surface area contributed by atoms with Gasteiger partial charge in [-0.1, -0.05) is 6.07 Å². The van der Waals surface area contributed by atoms with E-state index in [0.717, 1.165) is 5.56 Å². The molecular formula is C12H18N2O3. The Morgan fingerprint density at radius 1 is 1.29 bits per heavy atom. The maximum Gasteiger partial charge on any atom is 0.254 e. The Morgan fingerprint density at radius 3 is 2.41 bits per heavy atom. The van der Waals surface area contributed by atoms with Crippen LogP contribution in [0, 0.1) is 6.92 Å². The van der Waals surface area contributed by atoms with E-state index < -0.39 is 0 Å². The van der Waals surface area contributed by atoms with Crippen LogP contribution in [0.25, 0.3) is 0 Å². The van der Waals surface area contributed by atoms with Gasteiger partial charge in [0.1, 0.15) is 0 Å². The van der Waals surface area contributed by atoms with E-state index in [9.17, 15) is 4.79 Å². The number of hydrogen-bond donors (Lipinski definition) is 3. The summed E-state index contributed by atoms with van der Waals surface area (Å²) in [5.41, 5.74) is 7.52. The lowest BCUT2D eigenvalue weighted by molar-refractivity contribution is 0.0684. The molecule has 0 aliphatic carbocycles. The predicted octanol–water partition coefficient (Wildman–Crippen LogP) is 0.00402. The zero-order valence-electron chi connectivity index (χ0n) is 9.89. The highest BCUT2D eigenvalue weighted by molar-refractivity contribution is 5.96. The van der Waals surface area contributed by atoms with Crippen molar-refractivity contribution in [3.63, 3.8) is 0 Å². The maximum atomic E-state index is 12.1. The Balaban J connectivity index is 2.96. The lowest BCUT2D eigenvalue weighted by Crippen LogP contribution is -2.36. The highest BCUT2D eigenvalue weighted by atomic mass is 16.3. The molecule has 1 amide bonds. The highest BCUT2D eigenvalue weighted by Gasteiger charge is 2.17. The third-order valence-corrected chi connectivity index (χ3v) is 2.63. The van der Waals surface area contributed by atoms with E-state index in [4.69, 9.17) is 15.9 Å². The number of carbonyl (C=O) groups is 1. The molecule has 0 aliphatic heterocycles. The number of nitrogens with two attached hydrogens (primary N) is 1. The second-order valence-electron chi connectivity index (χ2n) is 3.76. The van der Waals surface area contributed by atoms with Crippen LogP contribution >= 0.6 is 0 Å². The standard InChI is InChI=1S/C12H18N2O3/c1-9-10(3-2-4-11(9)13)12(17)14(5-7-15)6-8-16/h2-4,15-16H,5-8,13H2,1H3. The van der Waals surface area contributed by atoms with E-state index in [1.165, 1.54) is 4.90 Å². The van der Waals surface area contributed by atoms with E-state index in [1.807, 2.05) is 0 Å². The number of anilines is 1. The molecule has 0 spiro atoms. The molecule has 0 aliphatic rings. The van der Waals surface area contributed by atoms with Crippen LogP contribution in [-0.4, -0.2) is 47.3 Å². The predicted molar refractivity (Wildman–Crippen MR) is 65.7 cm³/mol. The Hall–Kier alpha value is -1.59. The second-order valence-corrected chi connectivity index (χ2v) is 3.76. The van der Waals surface area contributed by atoms with Gasteiger partial charge in [-0.2, -0.15) is 0 Å². The quantitative estimate of drug-likeness (QED) is 0.630. The molecule has 0 saturated carbocycles. The largest absolute Gasteiger partial charge is 0.398 e. The fourth-order valence-electron chi connectivity index (χ4n) is 1.61. The number of hydrogen-bond acceptors (Lipinski definition) is 4. The zero-order chi connectivity index (χ0) is 12.8. The van der Waals surface area contributed by atoms with E-state index in [-0.39, 0.29) is 32.2 Å². The monoisotopic (exact) mass is 238 g/mol. The Bertz CT molecular complexity index is 387. The van der Waals surface area contributed by atoms with Crippen molar-refractivity contribution in [2.45, 2.75) is 6.92 Å². The summed E-state index contributed by atoms with van der Waals surface area (Å²) in [6.07, 6.45) is 0. The van der Waals surface area contributed by atoms with Gasteiger partial charge in [0.15, 0.2) is 0 Å². The number of rotatable bonds is 5.